The quantitative estimate of drug-likeness (QED) is 0.883. The maximum atomic E-state index is 13.0. The number of hydrogen-bond donors (Lipinski definition) is 1. The number of aliphatic carboxylic acids is 1. The van der Waals surface area contributed by atoms with Crippen molar-refractivity contribution >= 4 is 11.7 Å². The first-order chi connectivity index (χ1) is 10.1. The van der Waals surface area contributed by atoms with Crippen LogP contribution in [0.3, 0.4) is 0 Å². The van der Waals surface area contributed by atoms with Gasteiger partial charge in [0.25, 0.3) is 0 Å². The minimum Gasteiger partial charge on any atom is -0.481 e. The highest BCUT2D eigenvalue weighted by atomic mass is 19.1. The summed E-state index contributed by atoms with van der Waals surface area (Å²) in [5.74, 6) is -1.77. The Morgan fingerprint density at radius 2 is 1.76 bits per heavy atom. The summed E-state index contributed by atoms with van der Waals surface area (Å²) in [6, 6.07) is 15.3. The van der Waals surface area contributed by atoms with E-state index in [9.17, 15) is 14.3 Å². The Kier molecular flexibility index (Phi) is 4.93. The Balaban J connectivity index is 2.22. The van der Waals surface area contributed by atoms with Crippen molar-refractivity contribution < 1.29 is 14.3 Å². The van der Waals surface area contributed by atoms with Crippen LogP contribution >= 0.6 is 0 Å². The molecule has 2 aromatic rings. The lowest BCUT2D eigenvalue weighted by Gasteiger charge is -2.26. The van der Waals surface area contributed by atoms with Crippen molar-refractivity contribution in [1.29, 1.82) is 0 Å². The number of carboxylic acid groups (broad SMARTS) is 1. The molecule has 0 bridgehead atoms. The third-order valence-corrected chi connectivity index (χ3v) is 3.48. The van der Waals surface area contributed by atoms with Gasteiger partial charge in [-0.1, -0.05) is 30.3 Å². The van der Waals surface area contributed by atoms with Crippen LogP contribution in [0.15, 0.2) is 54.6 Å². The summed E-state index contributed by atoms with van der Waals surface area (Å²) in [5, 5.41) is 9.48. The fourth-order valence-corrected chi connectivity index (χ4v) is 2.30. The lowest BCUT2D eigenvalue weighted by atomic mass is 9.98. The number of benzene rings is 2. The molecular formula is C17H18FNO2. The standard InChI is InChI=1S/C17H18FNO2/c1-2-19(15-10-8-14(18)9-11-15)12-16(17(20)21)13-6-4-3-5-7-13/h3-11,16H,2,12H2,1H3,(H,20,21). The maximum Gasteiger partial charge on any atom is 0.312 e. The van der Waals surface area contributed by atoms with Crippen LogP contribution in [0.2, 0.25) is 0 Å². The van der Waals surface area contributed by atoms with E-state index in [1.54, 1.807) is 12.1 Å². The van der Waals surface area contributed by atoms with Gasteiger partial charge in [0.15, 0.2) is 0 Å². The van der Waals surface area contributed by atoms with Gasteiger partial charge in [-0.25, -0.2) is 4.39 Å². The van der Waals surface area contributed by atoms with Gasteiger partial charge in [-0.05, 0) is 36.8 Å². The van der Waals surface area contributed by atoms with Crippen LogP contribution in [0.25, 0.3) is 0 Å². The number of halogens is 1. The molecule has 1 atom stereocenters. The van der Waals surface area contributed by atoms with Crippen molar-refractivity contribution in [2.24, 2.45) is 0 Å². The second-order valence-corrected chi connectivity index (χ2v) is 4.82. The fourth-order valence-electron chi connectivity index (χ4n) is 2.30. The molecule has 0 heterocycles. The van der Waals surface area contributed by atoms with E-state index in [0.717, 1.165) is 11.3 Å². The molecule has 0 radical (unpaired) electrons. The van der Waals surface area contributed by atoms with Crippen molar-refractivity contribution in [3.05, 3.63) is 66.0 Å². The molecule has 2 aromatic carbocycles. The number of nitrogens with zero attached hydrogens (tertiary/aromatic N) is 1. The first kappa shape index (κ1) is 15.0. The second kappa shape index (κ2) is 6.88. The van der Waals surface area contributed by atoms with Crippen molar-refractivity contribution in [3.63, 3.8) is 0 Å². The highest BCUT2D eigenvalue weighted by molar-refractivity contribution is 5.77. The summed E-state index contributed by atoms with van der Waals surface area (Å²) in [5.41, 5.74) is 1.59. The molecule has 0 aliphatic heterocycles. The Hall–Kier alpha value is -2.36. The van der Waals surface area contributed by atoms with Gasteiger partial charge in [-0.2, -0.15) is 0 Å². The highest BCUT2D eigenvalue weighted by Gasteiger charge is 2.22. The van der Waals surface area contributed by atoms with Crippen LogP contribution in [0.5, 0.6) is 0 Å². The van der Waals surface area contributed by atoms with Gasteiger partial charge in [0.1, 0.15) is 5.82 Å². The zero-order valence-electron chi connectivity index (χ0n) is 11.9. The zero-order valence-corrected chi connectivity index (χ0v) is 11.9. The average Bonchev–Trinajstić information content (AvgIpc) is 2.50. The van der Waals surface area contributed by atoms with Gasteiger partial charge < -0.3 is 10.0 Å². The first-order valence-corrected chi connectivity index (χ1v) is 6.90. The van der Waals surface area contributed by atoms with Crippen LogP contribution in [0, 0.1) is 5.82 Å². The molecule has 0 aliphatic carbocycles. The van der Waals surface area contributed by atoms with Gasteiger partial charge in [0.05, 0.1) is 5.92 Å². The summed E-state index contributed by atoms with van der Waals surface area (Å²) >= 11 is 0. The van der Waals surface area contributed by atoms with Crippen LogP contribution in [-0.4, -0.2) is 24.2 Å². The maximum absolute atomic E-state index is 13.0. The molecule has 1 N–H and O–H groups in total. The number of carbonyl (C=O) groups is 1. The molecule has 110 valence electrons. The molecule has 0 spiro atoms. The van der Waals surface area contributed by atoms with Gasteiger partial charge >= 0.3 is 5.97 Å². The number of hydrogen-bond acceptors (Lipinski definition) is 2. The Morgan fingerprint density at radius 1 is 1.14 bits per heavy atom. The lowest BCUT2D eigenvalue weighted by Crippen LogP contribution is -2.31. The second-order valence-electron chi connectivity index (χ2n) is 4.82. The van der Waals surface area contributed by atoms with Crippen molar-refractivity contribution in [3.8, 4) is 0 Å². The molecule has 21 heavy (non-hydrogen) atoms. The molecule has 0 saturated heterocycles. The Labute approximate surface area is 123 Å². The predicted octanol–water partition coefficient (Wildman–Crippen LogP) is 3.52. The fraction of sp³-hybridized carbons (Fsp3) is 0.235. The summed E-state index contributed by atoms with van der Waals surface area (Å²) in [6.07, 6.45) is 0. The molecule has 2 rings (SSSR count). The van der Waals surface area contributed by atoms with E-state index in [2.05, 4.69) is 0 Å². The zero-order chi connectivity index (χ0) is 15.2. The summed E-state index contributed by atoms with van der Waals surface area (Å²) < 4.78 is 13.0. The minimum absolute atomic E-state index is 0.298. The smallest absolute Gasteiger partial charge is 0.312 e. The van der Waals surface area contributed by atoms with E-state index in [4.69, 9.17) is 0 Å². The first-order valence-electron chi connectivity index (χ1n) is 6.90. The van der Waals surface area contributed by atoms with Crippen LogP contribution in [0.1, 0.15) is 18.4 Å². The number of carboxylic acids is 1. The largest absolute Gasteiger partial charge is 0.481 e. The molecule has 4 heteroatoms. The number of anilines is 1. The van der Waals surface area contributed by atoms with E-state index < -0.39 is 11.9 Å². The Morgan fingerprint density at radius 3 is 2.29 bits per heavy atom. The summed E-state index contributed by atoms with van der Waals surface area (Å²) in [6.45, 7) is 2.96. The molecule has 1 unspecified atom stereocenters. The number of rotatable bonds is 6. The minimum atomic E-state index is -0.859. The highest BCUT2D eigenvalue weighted by Crippen LogP contribution is 2.22. The molecule has 0 amide bonds. The monoisotopic (exact) mass is 287 g/mol. The Bertz CT molecular complexity index is 583. The summed E-state index contributed by atoms with van der Waals surface area (Å²) in [7, 11) is 0. The molecular weight excluding hydrogens is 269 g/mol. The topological polar surface area (TPSA) is 40.5 Å². The molecule has 0 fully saturated rings. The van der Waals surface area contributed by atoms with Crippen LogP contribution in [-0.2, 0) is 4.79 Å². The van der Waals surface area contributed by atoms with E-state index in [1.165, 1.54) is 12.1 Å². The number of likely N-dealkylation sites (N-methyl/N-ethyl adjacent to an activating group) is 1. The van der Waals surface area contributed by atoms with Gasteiger partial charge in [0, 0.05) is 18.8 Å². The normalized spacial score (nSPS) is 11.9. The predicted molar refractivity (Wildman–Crippen MR) is 81.1 cm³/mol. The van der Waals surface area contributed by atoms with E-state index in [1.807, 2.05) is 42.2 Å². The van der Waals surface area contributed by atoms with E-state index in [-0.39, 0.29) is 5.82 Å². The van der Waals surface area contributed by atoms with Gasteiger partial charge in [-0.15, -0.1) is 0 Å². The van der Waals surface area contributed by atoms with E-state index in [0.29, 0.717) is 13.1 Å². The van der Waals surface area contributed by atoms with Crippen LogP contribution < -0.4 is 4.90 Å². The third kappa shape index (κ3) is 3.81. The third-order valence-electron chi connectivity index (χ3n) is 3.48. The van der Waals surface area contributed by atoms with Gasteiger partial charge in [-0.3, -0.25) is 4.79 Å². The van der Waals surface area contributed by atoms with E-state index >= 15 is 0 Å². The van der Waals surface area contributed by atoms with Crippen molar-refractivity contribution in [2.75, 3.05) is 18.0 Å². The van der Waals surface area contributed by atoms with Crippen LogP contribution in [0.4, 0.5) is 10.1 Å². The van der Waals surface area contributed by atoms with Gasteiger partial charge in [0.2, 0.25) is 0 Å². The molecule has 0 aliphatic rings. The lowest BCUT2D eigenvalue weighted by molar-refractivity contribution is -0.138. The molecule has 0 aromatic heterocycles. The summed E-state index contributed by atoms with van der Waals surface area (Å²) in [4.78, 5) is 13.5. The average molecular weight is 287 g/mol. The molecule has 3 nitrogen and oxygen atoms in total. The SMILES string of the molecule is CCN(CC(C(=O)O)c1ccccc1)c1ccc(F)cc1. The van der Waals surface area contributed by atoms with Crippen molar-refractivity contribution in [2.45, 2.75) is 12.8 Å². The molecule has 0 saturated carbocycles. The van der Waals surface area contributed by atoms with Crippen molar-refractivity contribution in [1.82, 2.24) is 0 Å².